The van der Waals surface area contributed by atoms with Gasteiger partial charge < -0.3 is 14.4 Å². The molecule has 0 aliphatic carbocycles. The van der Waals surface area contributed by atoms with E-state index in [1.54, 1.807) is 35.3 Å². The fourth-order valence-corrected chi connectivity index (χ4v) is 5.06. The van der Waals surface area contributed by atoms with Crippen LogP contribution >= 0.6 is 0 Å². The minimum Gasteiger partial charge on any atom is -0.490 e. The highest BCUT2D eigenvalue weighted by Gasteiger charge is 2.30. The Morgan fingerprint density at radius 1 is 0.871 bits per heavy atom. The van der Waals surface area contributed by atoms with Gasteiger partial charge in [-0.05, 0) is 30.3 Å². The maximum absolute atomic E-state index is 13.2. The van der Waals surface area contributed by atoms with Gasteiger partial charge in [-0.15, -0.1) is 10.2 Å². The molecule has 0 unspecified atom stereocenters. The van der Waals surface area contributed by atoms with Gasteiger partial charge in [0.05, 0.1) is 18.1 Å². The van der Waals surface area contributed by atoms with Crippen LogP contribution in [0.1, 0.15) is 6.42 Å². The Balaban J connectivity index is 1.27. The highest BCUT2D eigenvalue weighted by Crippen LogP contribution is 2.33. The van der Waals surface area contributed by atoms with E-state index < -0.39 is 10.0 Å². The number of sulfonamides is 1. The average molecular weight is 443 g/mol. The summed E-state index contributed by atoms with van der Waals surface area (Å²) in [6.07, 6.45) is 4.25. The summed E-state index contributed by atoms with van der Waals surface area (Å²) >= 11 is 0. The quantitative estimate of drug-likeness (QED) is 0.596. The molecule has 0 bridgehead atoms. The predicted molar refractivity (Wildman–Crippen MR) is 112 cm³/mol. The number of ether oxygens (including phenoxy) is 2. The summed E-state index contributed by atoms with van der Waals surface area (Å²) in [6, 6.07) is 10.3. The highest BCUT2D eigenvalue weighted by molar-refractivity contribution is 7.89. The Morgan fingerprint density at radius 2 is 1.61 bits per heavy atom. The van der Waals surface area contributed by atoms with E-state index in [1.807, 2.05) is 23.1 Å². The number of rotatable bonds is 4. The second kappa shape index (κ2) is 8.16. The molecule has 1 saturated heterocycles. The lowest BCUT2D eigenvalue weighted by atomic mass is 10.3. The monoisotopic (exact) mass is 442 g/mol. The number of fused-ring (bicyclic) bond motifs is 1. The number of hydrogen-bond acceptors (Lipinski definition) is 8. The fraction of sp³-hybridized carbons (Fsp3) is 0.350. The third-order valence-electron chi connectivity index (χ3n) is 5.29. The second-order valence-corrected chi connectivity index (χ2v) is 9.19. The standard InChI is InChI=1S/C20H22N6O4S/c27-31(28,16-3-4-17-18(15-16)30-14-2-13-29-17)25-11-9-24(10-12-25)19-5-6-20(23-22-19)26-8-1-7-21-26/h1,3-8,15H,2,9-14H2. The smallest absolute Gasteiger partial charge is 0.243 e. The van der Waals surface area contributed by atoms with E-state index in [2.05, 4.69) is 15.3 Å². The first-order chi connectivity index (χ1) is 15.1. The van der Waals surface area contributed by atoms with E-state index in [1.165, 1.54) is 4.31 Å². The lowest BCUT2D eigenvalue weighted by Gasteiger charge is -2.34. The molecule has 0 spiro atoms. The van der Waals surface area contributed by atoms with Gasteiger partial charge in [-0.3, -0.25) is 0 Å². The molecular weight excluding hydrogens is 420 g/mol. The first kappa shape index (κ1) is 19.8. The van der Waals surface area contributed by atoms with Gasteiger partial charge >= 0.3 is 0 Å². The molecule has 2 aromatic heterocycles. The van der Waals surface area contributed by atoms with Crippen LogP contribution in [0.5, 0.6) is 11.5 Å². The molecule has 0 N–H and O–H groups in total. The van der Waals surface area contributed by atoms with Gasteiger partial charge in [0, 0.05) is 51.1 Å². The molecule has 0 radical (unpaired) electrons. The molecule has 162 valence electrons. The molecule has 0 saturated carbocycles. The summed E-state index contributed by atoms with van der Waals surface area (Å²) in [6.45, 7) is 2.85. The van der Waals surface area contributed by atoms with Crippen LogP contribution in [0.4, 0.5) is 5.82 Å². The lowest BCUT2D eigenvalue weighted by Crippen LogP contribution is -2.49. The van der Waals surface area contributed by atoms with E-state index in [0.29, 0.717) is 62.5 Å². The van der Waals surface area contributed by atoms with E-state index in [-0.39, 0.29) is 4.90 Å². The Hall–Kier alpha value is -3.18. The van der Waals surface area contributed by atoms with Crippen molar-refractivity contribution in [1.29, 1.82) is 0 Å². The molecular formula is C20H22N6O4S. The largest absolute Gasteiger partial charge is 0.490 e. The normalized spacial score (nSPS) is 17.4. The average Bonchev–Trinajstić information content (AvgIpc) is 3.24. The molecule has 0 amide bonds. The summed E-state index contributed by atoms with van der Waals surface area (Å²) in [5.41, 5.74) is 0. The molecule has 4 heterocycles. The van der Waals surface area contributed by atoms with Gasteiger partial charge in [0.15, 0.2) is 23.1 Å². The summed E-state index contributed by atoms with van der Waals surface area (Å²) in [5, 5.41) is 12.6. The number of benzene rings is 1. The zero-order valence-corrected chi connectivity index (χ0v) is 17.6. The molecule has 2 aliphatic heterocycles. The second-order valence-electron chi connectivity index (χ2n) is 7.25. The minimum absolute atomic E-state index is 0.216. The van der Waals surface area contributed by atoms with Gasteiger partial charge in [0.25, 0.3) is 0 Å². The van der Waals surface area contributed by atoms with Crippen LogP contribution in [-0.4, -0.2) is 72.1 Å². The summed E-state index contributed by atoms with van der Waals surface area (Å²) < 4.78 is 40.7. The third kappa shape index (κ3) is 3.93. The molecule has 1 fully saturated rings. The van der Waals surface area contributed by atoms with Crippen LogP contribution in [0, 0.1) is 0 Å². The Bertz CT molecular complexity index is 1140. The topological polar surface area (TPSA) is 103 Å². The zero-order chi connectivity index (χ0) is 21.3. The van der Waals surface area contributed by atoms with Crippen molar-refractivity contribution < 1.29 is 17.9 Å². The third-order valence-corrected chi connectivity index (χ3v) is 7.19. The Labute approximate surface area is 180 Å². The van der Waals surface area contributed by atoms with Crippen molar-refractivity contribution in [1.82, 2.24) is 24.3 Å². The Morgan fingerprint density at radius 3 is 2.32 bits per heavy atom. The maximum atomic E-state index is 13.2. The van der Waals surface area contributed by atoms with Gasteiger partial charge in [0.1, 0.15) is 0 Å². The van der Waals surface area contributed by atoms with Crippen molar-refractivity contribution in [3.8, 4) is 17.3 Å². The number of aromatic nitrogens is 4. The molecule has 0 atom stereocenters. The summed E-state index contributed by atoms with van der Waals surface area (Å²) in [4.78, 5) is 2.24. The first-order valence-electron chi connectivity index (χ1n) is 10.1. The zero-order valence-electron chi connectivity index (χ0n) is 16.8. The van der Waals surface area contributed by atoms with E-state index >= 15 is 0 Å². The molecule has 31 heavy (non-hydrogen) atoms. The van der Waals surface area contributed by atoms with Crippen molar-refractivity contribution in [2.45, 2.75) is 11.3 Å². The summed E-state index contributed by atoms with van der Waals surface area (Å²) in [5.74, 6) is 2.40. The van der Waals surface area contributed by atoms with Gasteiger partial charge in [0.2, 0.25) is 10.0 Å². The summed E-state index contributed by atoms with van der Waals surface area (Å²) in [7, 11) is -3.63. The van der Waals surface area contributed by atoms with E-state index in [9.17, 15) is 8.42 Å². The molecule has 10 nitrogen and oxygen atoms in total. The molecule has 3 aromatic rings. The molecule has 1 aromatic carbocycles. The van der Waals surface area contributed by atoms with Crippen LogP contribution in [0.3, 0.4) is 0 Å². The molecule has 5 rings (SSSR count). The Kier molecular flexibility index (Phi) is 5.20. The van der Waals surface area contributed by atoms with Crippen LogP contribution < -0.4 is 14.4 Å². The van der Waals surface area contributed by atoms with Gasteiger partial charge in [-0.25, -0.2) is 13.1 Å². The van der Waals surface area contributed by atoms with E-state index in [0.717, 1.165) is 6.42 Å². The maximum Gasteiger partial charge on any atom is 0.243 e. The predicted octanol–water partition coefficient (Wildman–Crippen LogP) is 1.33. The van der Waals surface area contributed by atoms with Crippen molar-refractivity contribution in [2.24, 2.45) is 0 Å². The van der Waals surface area contributed by atoms with Crippen LogP contribution in [0.15, 0.2) is 53.7 Å². The SMILES string of the molecule is O=S(=O)(c1ccc2c(c1)OCCCO2)N1CCN(c2ccc(-n3cccn3)nn2)CC1. The lowest BCUT2D eigenvalue weighted by molar-refractivity contribution is 0.296. The van der Waals surface area contributed by atoms with Crippen molar-refractivity contribution in [3.63, 3.8) is 0 Å². The fourth-order valence-electron chi connectivity index (χ4n) is 3.62. The van der Waals surface area contributed by atoms with Crippen molar-refractivity contribution in [2.75, 3.05) is 44.3 Å². The number of hydrogen-bond donors (Lipinski definition) is 0. The molecule has 2 aliphatic rings. The molecule has 11 heteroatoms. The van der Waals surface area contributed by atoms with Gasteiger partial charge in [-0.2, -0.15) is 9.40 Å². The number of nitrogens with zero attached hydrogens (tertiary/aromatic N) is 6. The van der Waals surface area contributed by atoms with Crippen molar-refractivity contribution >= 4 is 15.8 Å². The minimum atomic E-state index is -3.63. The van der Waals surface area contributed by atoms with Crippen LogP contribution in [-0.2, 0) is 10.0 Å². The van der Waals surface area contributed by atoms with Crippen LogP contribution in [0.2, 0.25) is 0 Å². The van der Waals surface area contributed by atoms with Crippen molar-refractivity contribution in [3.05, 3.63) is 48.8 Å². The highest BCUT2D eigenvalue weighted by atomic mass is 32.2. The number of piperazine rings is 1. The van der Waals surface area contributed by atoms with E-state index in [4.69, 9.17) is 9.47 Å². The van der Waals surface area contributed by atoms with Gasteiger partial charge in [-0.1, -0.05) is 0 Å². The first-order valence-corrected chi connectivity index (χ1v) is 11.5. The number of anilines is 1. The van der Waals surface area contributed by atoms with Crippen LogP contribution in [0.25, 0.3) is 5.82 Å².